The maximum atomic E-state index is 13.7. The third-order valence-corrected chi connectivity index (χ3v) is 3.79. The van der Waals surface area contributed by atoms with Crippen LogP contribution in [0.3, 0.4) is 0 Å². The van der Waals surface area contributed by atoms with Crippen molar-refractivity contribution in [3.63, 3.8) is 0 Å². The number of unbranched alkanes of at least 4 members (excludes halogenated alkanes) is 2. The second kappa shape index (κ2) is 5.31. The topological polar surface area (TPSA) is 41.9 Å². The van der Waals surface area contributed by atoms with Gasteiger partial charge < -0.3 is 4.90 Å². The van der Waals surface area contributed by atoms with Gasteiger partial charge in [-0.15, -0.1) is 0 Å². The lowest BCUT2D eigenvalue weighted by Crippen LogP contribution is -2.32. The minimum absolute atomic E-state index is 0.647. The average Bonchev–Trinajstić information content (AvgIpc) is 2.40. The van der Waals surface area contributed by atoms with Crippen LogP contribution < -0.4 is 4.90 Å². The number of anilines is 1. The monoisotopic (exact) mass is 274 g/mol. The third-order valence-electron chi connectivity index (χ3n) is 3.79. The minimum atomic E-state index is -0.647. The van der Waals surface area contributed by atoms with Crippen LogP contribution in [0.5, 0.6) is 0 Å². The summed E-state index contributed by atoms with van der Waals surface area (Å²) in [4.78, 5) is 14.7. The molecule has 3 rings (SSSR count). The lowest BCUT2D eigenvalue weighted by Gasteiger charge is -2.29. The molecule has 0 aliphatic carbocycles. The number of rotatable bonds is 4. The molecule has 2 aromatic heterocycles. The van der Waals surface area contributed by atoms with E-state index in [9.17, 15) is 4.39 Å². The molecule has 0 fully saturated rings. The molecule has 1 aliphatic rings. The van der Waals surface area contributed by atoms with Gasteiger partial charge in [-0.2, -0.15) is 9.37 Å². The molecule has 0 amide bonds. The zero-order valence-electron chi connectivity index (χ0n) is 12.0. The van der Waals surface area contributed by atoms with Crippen molar-refractivity contribution in [1.29, 1.82) is 0 Å². The van der Waals surface area contributed by atoms with Crippen molar-refractivity contribution in [2.75, 3.05) is 18.0 Å². The molecule has 3 heterocycles. The number of hydrogen-bond acceptors (Lipinski definition) is 4. The van der Waals surface area contributed by atoms with Gasteiger partial charge in [0.05, 0.1) is 16.6 Å². The molecule has 0 N–H and O–H groups in total. The van der Waals surface area contributed by atoms with Gasteiger partial charge in [0.15, 0.2) is 0 Å². The first-order valence-corrected chi connectivity index (χ1v) is 7.27. The van der Waals surface area contributed by atoms with Crippen molar-refractivity contribution in [3.05, 3.63) is 23.5 Å². The summed E-state index contributed by atoms with van der Waals surface area (Å²) in [5, 5.41) is 0.930. The first-order valence-electron chi connectivity index (χ1n) is 7.27. The van der Waals surface area contributed by atoms with Crippen LogP contribution in [0.4, 0.5) is 10.2 Å². The zero-order valence-corrected chi connectivity index (χ0v) is 12.0. The average molecular weight is 274 g/mol. The van der Waals surface area contributed by atoms with Crippen LogP contribution in [0, 0.1) is 13.0 Å². The van der Waals surface area contributed by atoms with Crippen LogP contribution >= 0.6 is 0 Å². The fourth-order valence-corrected chi connectivity index (χ4v) is 2.85. The van der Waals surface area contributed by atoms with Gasteiger partial charge in [0, 0.05) is 25.2 Å². The van der Waals surface area contributed by atoms with Gasteiger partial charge in [-0.1, -0.05) is 19.8 Å². The summed E-state index contributed by atoms with van der Waals surface area (Å²) in [6, 6.07) is 1.84. The molecule has 1 aliphatic heterocycles. The van der Waals surface area contributed by atoms with Gasteiger partial charge in [-0.3, -0.25) is 4.98 Å². The van der Waals surface area contributed by atoms with Crippen molar-refractivity contribution >= 4 is 16.7 Å². The highest BCUT2D eigenvalue weighted by molar-refractivity contribution is 5.92. The highest BCUT2D eigenvalue weighted by atomic mass is 19.1. The Morgan fingerprint density at radius 1 is 1.25 bits per heavy atom. The Morgan fingerprint density at radius 3 is 2.90 bits per heavy atom. The van der Waals surface area contributed by atoms with Gasteiger partial charge in [0.25, 0.3) is 0 Å². The smallest absolute Gasteiger partial charge is 0.311 e. The van der Waals surface area contributed by atoms with Crippen molar-refractivity contribution in [3.8, 4) is 0 Å². The van der Waals surface area contributed by atoms with Gasteiger partial charge in [-0.25, -0.2) is 4.98 Å². The van der Waals surface area contributed by atoms with E-state index in [-0.39, 0.29) is 0 Å². The molecule has 20 heavy (non-hydrogen) atoms. The first-order chi connectivity index (χ1) is 9.69. The molecule has 0 saturated heterocycles. The maximum Gasteiger partial charge on any atom is 0.311 e. The summed E-state index contributed by atoms with van der Waals surface area (Å²) in [5.41, 5.74) is 2.56. The van der Waals surface area contributed by atoms with Crippen LogP contribution in [-0.4, -0.2) is 28.0 Å². The van der Waals surface area contributed by atoms with Crippen molar-refractivity contribution in [2.24, 2.45) is 0 Å². The molecule has 4 nitrogen and oxygen atoms in total. The number of hydrogen-bond donors (Lipinski definition) is 0. The van der Waals surface area contributed by atoms with Crippen molar-refractivity contribution in [2.45, 2.75) is 39.5 Å². The lowest BCUT2D eigenvalue weighted by atomic mass is 10.1. The van der Waals surface area contributed by atoms with Crippen molar-refractivity contribution < 1.29 is 4.39 Å². The second-order valence-corrected chi connectivity index (χ2v) is 5.36. The molecule has 106 valence electrons. The summed E-state index contributed by atoms with van der Waals surface area (Å²) >= 11 is 0. The quantitative estimate of drug-likeness (QED) is 0.635. The van der Waals surface area contributed by atoms with E-state index in [2.05, 4.69) is 26.8 Å². The molecule has 2 aromatic rings. The Labute approximate surface area is 118 Å². The standard InChI is InChI=1S/C15H19FN4/c1-3-4-5-7-20-8-6-11-13-12(9-10(2)17-11)18-15(16)19-14(13)20/h9H,3-8H2,1-2H3. The summed E-state index contributed by atoms with van der Waals surface area (Å²) in [7, 11) is 0. The van der Waals surface area contributed by atoms with E-state index < -0.39 is 6.08 Å². The summed E-state index contributed by atoms with van der Waals surface area (Å²) < 4.78 is 13.7. The largest absolute Gasteiger partial charge is 0.355 e. The number of pyridine rings is 1. The Kier molecular flexibility index (Phi) is 3.51. The maximum absolute atomic E-state index is 13.7. The fraction of sp³-hybridized carbons (Fsp3) is 0.533. The van der Waals surface area contributed by atoms with E-state index in [4.69, 9.17) is 0 Å². The molecule has 0 spiro atoms. The SMILES string of the molecule is CCCCCN1CCc2nc(C)cc3nc(F)nc1c23. The number of aromatic nitrogens is 3. The van der Waals surface area contributed by atoms with Crippen molar-refractivity contribution in [1.82, 2.24) is 15.0 Å². The van der Waals surface area contributed by atoms with E-state index in [1.54, 1.807) is 0 Å². The van der Waals surface area contributed by atoms with E-state index >= 15 is 0 Å². The molecular weight excluding hydrogens is 255 g/mol. The molecule has 0 atom stereocenters. The molecule has 0 unspecified atom stereocenters. The first kappa shape index (κ1) is 13.2. The predicted octanol–water partition coefficient (Wildman–Crippen LogP) is 3.03. The normalized spacial score (nSPS) is 14.1. The van der Waals surface area contributed by atoms with Crippen LogP contribution in [0.2, 0.25) is 0 Å². The summed E-state index contributed by atoms with van der Waals surface area (Å²) in [6.07, 6.45) is 3.71. The Balaban J connectivity index is 2.06. The zero-order chi connectivity index (χ0) is 14.1. The van der Waals surface area contributed by atoms with Gasteiger partial charge in [0.1, 0.15) is 5.82 Å². The van der Waals surface area contributed by atoms with Gasteiger partial charge in [0.2, 0.25) is 0 Å². The second-order valence-electron chi connectivity index (χ2n) is 5.36. The molecule has 5 heteroatoms. The fourth-order valence-electron chi connectivity index (χ4n) is 2.85. The minimum Gasteiger partial charge on any atom is -0.355 e. The van der Waals surface area contributed by atoms with Crippen LogP contribution in [0.15, 0.2) is 6.07 Å². The molecule has 0 bridgehead atoms. The highest BCUT2D eigenvalue weighted by Crippen LogP contribution is 2.31. The van der Waals surface area contributed by atoms with E-state index in [1.807, 2.05) is 13.0 Å². The van der Waals surface area contributed by atoms with Crippen LogP contribution in [-0.2, 0) is 6.42 Å². The Morgan fingerprint density at radius 2 is 2.10 bits per heavy atom. The number of nitrogens with zero attached hydrogens (tertiary/aromatic N) is 4. The molecular formula is C15H19FN4. The molecule has 0 saturated carbocycles. The van der Waals surface area contributed by atoms with Crippen LogP contribution in [0.1, 0.15) is 37.6 Å². The van der Waals surface area contributed by atoms with E-state index in [0.717, 1.165) is 48.5 Å². The highest BCUT2D eigenvalue weighted by Gasteiger charge is 2.23. The lowest BCUT2D eigenvalue weighted by molar-refractivity contribution is 0.539. The summed E-state index contributed by atoms with van der Waals surface area (Å²) in [5.74, 6) is 0.720. The van der Waals surface area contributed by atoms with E-state index in [1.165, 1.54) is 12.8 Å². The Bertz CT molecular complexity index is 636. The summed E-state index contributed by atoms with van der Waals surface area (Å²) in [6.45, 7) is 5.88. The number of aryl methyl sites for hydroxylation is 1. The third kappa shape index (κ3) is 2.32. The van der Waals surface area contributed by atoms with E-state index in [0.29, 0.717) is 5.52 Å². The van der Waals surface area contributed by atoms with Gasteiger partial charge >= 0.3 is 6.08 Å². The molecule has 0 aromatic carbocycles. The Hall–Kier alpha value is -1.78. The molecule has 0 radical (unpaired) electrons. The van der Waals surface area contributed by atoms with Gasteiger partial charge in [-0.05, 0) is 19.4 Å². The van der Waals surface area contributed by atoms with Crippen LogP contribution in [0.25, 0.3) is 10.9 Å². The predicted molar refractivity (Wildman–Crippen MR) is 77.5 cm³/mol. The number of halogens is 1.